The minimum Gasteiger partial charge on any atom is -0.480 e. The van der Waals surface area contributed by atoms with Crippen LogP contribution >= 0.6 is 0 Å². The summed E-state index contributed by atoms with van der Waals surface area (Å²) in [5.74, 6) is -1.46. The summed E-state index contributed by atoms with van der Waals surface area (Å²) in [7, 11) is 3.28. The van der Waals surface area contributed by atoms with Crippen LogP contribution in [0.5, 0.6) is 0 Å². The van der Waals surface area contributed by atoms with Crippen LogP contribution in [0.2, 0.25) is 0 Å². The number of aromatic nitrogens is 2. The van der Waals surface area contributed by atoms with Crippen LogP contribution < -0.4 is 0 Å². The number of hydrogen-bond donors (Lipinski definition) is 1. The normalized spacial score (nSPS) is 12.6. The number of likely N-dealkylation sites (N-methyl/N-ethyl adjacent to an activating group) is 1. The van der Waals surface area contributed by atoms with Gasteiger partial charge in [-0.3, -0.25) is 9.48 Å². The lowest BCUT2D eigenvalue weighted by atomic mass is 10.0. The van der Waals surface area contributed by atoms with Crippen LogP contribution in [0.25, 0.3) is 0 Å². The van der Waals surface area contributed by atoms with Crippen LogP contribution in [0.3, 0.4) is 0 Å². The average Bonchev–Trinajstić information content (AvgIpc) is 2.51. The highest BCUT2D eigenvalue weighted by molar-refractivity contribution is 5.98. The van der Waals surface area contributed by atoms with Gasteiger partial charge in [-0.25, -0.2) is 4.79 Å². The molecular formula is C13H21N3O3. The van der Waals surface area contributed by atoms with Crippen molar-refractivity contribution < 1.29 is 14.7 Å². The van der Waals surface area contributed by atoms with Crippen LogP contribution in [-0.4, -0.2) is 44.8 Å². The second kappa shape index (κ2) is 5.42. The van der Waals surface area contributed by atoms with Crippen LogP contribution in [0, 0.1) is 19.8 Å². The van der Waals surface area contributed by atoms with Crippen molar-refractivity contribution in [1.29, 1.82) is 0 Å². The summed E-state index contributed by atoms with van der Waals surface area (Å²) in [6.45, 7) is 7.11. The molecule has 1 atom stereocenters. The molecule has 0 aliphatic rings. The van der Waals surface area contributed by atoms with E-state index in [0.717, 1.165) is 5.69 Å². The van der Waals surface area contributed by atoms with Gasteiger partial charge >= 0.3 is 5.97 Å². The first-order chi connectivity index (χ1) is 8.68. The lowest BCUT2D eigenvalue weighted by Gasteiger charge is -2.27. The molecule has 1 amide bonds. The third kappa shape index (κ3) is 2.77. The van der Waals surface area contributed by atoms with Crippen molar-refractivity contribution in [3.05, 3.63) is 17.0 Å². The van der Waals surface area contributed by atoms with Gasteiger partial charge in [0.05, 0.1) is 11.3 Å². The van der Waals surface area contributed by atoms with E-state index in [1.54, 1.807) is 39.4 Å². The fraction of sp³-hybridized carbons (Fsp3) is 0.615. The Bertz CT molecular complexity index is 505. The molecule has 1 unspecified atom stereocenters. The van der Waals surface area contributed by atoms with Crippen molar-refractivity contribution in [2.45, 2.75) is 33.7 Å². The van der Waals surface area contributed by atoms with E-state index >= 15 is 0 Å². The fourth-order valence-corrected chi connectivity index (χ4v) is 2.28. The summed E-state index contributed by atoms with van der Waals surface area (Å²) in [6.07, 6.45) is 0. The number of amides is 1. The van der Waals surface area contributed by atoms with Gasteiger partial charge in [0.1, 0.15) is 6.04 Å². The van der Waals surface area contributed by atoms with Gasteiger partial charge in [-0.2, -0.15) is 5.10 Å². The fourth-order valence-electron chi connectivity index (χ4n) is 2.28. The predicted molar refractivity (Wildman–Crippen MR) is 71.0 cm³/mol. The minimum absolute atomic E-state index is 0.163. The first-order valence-corrected chi connectivity index (χ1v) is 6.18. The van der Waals surface area contributed by atoms with Crippen molar-refractivity contribution in [1.82, 2.24) is 14.7 Å². The number of hydrogen-bond acceptors (Lipinski definition) is 3. The second-order valence-electron chi connectivity index (χ2n) is 5.11. The molecule has 6 nitrogen and oxygen atoms in total. The van der Waals surface area contributed by atoms with E-state index in [1.165, 1.54) is 11.9 Å². The summed E-state index contributed by atoms with van der Waals surface area (Å²) < 4.78 is 1.63. The zero-order valence-corrected chi connectivity index (χ0v) is 12.3. The zero-order valence-electron chi connectivity index (χ0n) is 12.3. The van der Waals surface area contributed by atoms with E-state index in [0.29, 0.717) is 11.3 Å². The Morgan fingerprint density at radius 2 is 1.84 bits per heavy atom. The Kier molecular flexibility index (Phi) is 4.34. The van der Waals surface area contributed by atoms with Gasteiger partial charge in [0, 0.05) is 19.8 Å². The van der Waals surface area contributed by atoms with Crippen LogP contribution in [0.15, 0.2) is 0 Å². The molecule has 0 aliphatic carbocycles. The molecule has 0 spiro atoms. The lowest BCUT2D eigenvalue weighted by molar-refractivity contribution is -0.143. The van der Waals surface area contributed by atoms with E-state index < -0.39 is 12.0 Å². The topological polar surface area (TPSA) is 75.4 Å². The summed E-state index contributed by atoms with van der Waals surface area (Å²) in [5, 5.41) is 13.4. The Balaban J connectivity index is 3.15. The molecule has 0 fully saturated rings. The van der Waals surface area contributed by atoms with Gasteiger partial charge in [-0.05, 0) is 19.8 Å². The van der Waals surface area contributed by atoms with E-state index in [1.807, 2.05) is 0 Å². The summed E-state index contributed by atoms with van der Waals surface area (Å²) >= 11 is 0. The Hall–Kier alpha value is -1.85. The molecule has 1 aromatic rings. The molecule has 1 aromatic heterocycles. The Morgan fingerprint density at radius 1 is 1.32 bits per heavy atom. The first-order valence-electron chi connectivity index (χ1n) is 6.18. The number of carbonyl (C=O) groups excluding carboxylic acids is 1. The maximum atomic E-state index is 12.5. The summed E-state index contributed by atoms with van der Waals surface area (Å²) in [6, 6.07) is -0.841. The van der Waals surface area contributed by atoms with Gasteiger partial charge in [0.2, 0.25) is 0 Å². The lowest BCUT2D eigenvalue weighted by Crippen LogP contribution is -2.45. The van der Waals surface area contributed by atoms with Gasteiger partial charge in [0.15, 0.2) is 0 Å². The maximum Gasteiger partial charge on any atom is 0.326 e. The SMILES string of the molecule is Cc1nn(C)c(C)c1C(=O)N(C)C(C(=O)O)C(C)C. The highest BCUT2D eigenvalue weighted by atomic mass is 16.4. The molecule has 0 saturated carbocycles. The standard InChI is InChI=1S/C13H21N3O3/c1-7(2)11(13(18)19)15(5)12(17)10-8(3)14-16(6)9(10)4/h7,11H,1-6H3,(H,18,19). The van der Waals surface area contributed by atoms with Crippen LogP contribution in [0.1, 0.15) is 35.6 Å². The molecule has 0 aromatic carbocycles. The van der Waals surface area contributed by atoms with Crippen molar-refractivity contribution in [2.24, 2.45) is 13.0 Å². The third-order valence-electron chi connectivity index (χ3n) is 3.34. The number of aliphatic carboxylic acids is 1. The van der Waals surface area contributed by atoms with Gasteiger partial charge in [0.25, 0.3) is 5.91 Å². The molecule has 0 radical (unpaired) electrons. The number of carbonyl (C=O) groups is 2. The first kappa shape index (κ1) is 15.2. The molecule has 106 valence electrons. The highest BCUT2D eigenvalue weighted by Crippen LogP contribution is 2.18. The van der Waals surface area contributed by atoms with Crippen LogP contribution in [0.4, 0.5) is 0 Å². The predicted octanol–water partition coefficient (Wildman–Crippen LogP) is 1.22. The maximum absolute atomic E-state index is 12.5. The molecule has 0 bridgehead atoms. The van der Waals surface area contributed by atoms with Crippen LogP contribution in [-0.2, 0) is 11.8 Å². The largest absolute Gasteiger partial charge is 0.480 e. The average molecular weight is 267 g/mol. The summed E-state index contributed by atoms with van der Waals surface area (Å²) in [5.41, 5.74) is 1.84. The number of carboxylic acids is 1. The smallest absolute Gasteiger partial charge is 0.326 e. The van der Waals surface area contributed by atoms with Crippen molar-refractivity contribution in [3.8, 4) is 0 Å². The van der Waals surface area contributed by atoms with Gasteiger partial charge < -0.3 is 10.0 Å². The van der Waals surface area contributed by atoms with Gasteiger partial charge in [-0.1, -0.05) is 13.8 Å². The minimum atomic E-state index is -0.995. The van der Waals surface area contributed by atoms with E-state index in [4.69, 9.17) is 0 Å². The third-order valence-corrected chi connectivity index (χ3v) is 3.34. The monoisotopic (exact) mass is 267 g/mol. The number of carboxylic acid groups (broad SMARTS) is 1. The molecule has 1 N–H and O–H groups in total. The molecule has 6 heteroatoms. The molecule has 1 heterocycles. The molecule has 0 aliphatic heterocycles. The van der Waals surface area contributed by atoms with E-state index in [9.17, 15) is 14.7 Å². The van der Waals surface area contributed by atoms with Crippen molar-refractivity contribution in [2.75, 3.05) is 7.05 Å². The van der Waals surface area contributed by atoms with E-state index in [-0.39, 0.29) is 11.8 Å². The number of rotatable bonds is 4. The van der Waals surface area contributed by atoms with Crippen molar-refractivity contribution >= 4 is 11.9 Å². The molecular weight excluding hydrogens is 246 g/mol. The summed E-state index contributed by atoms with van der Waals surface area (Å²) in [4.78, 5) is 25.0. The number of aryl methyl sites for hydroxylation is 2. The molecule has 1 rings (SSSR count). The number of nitrogens with zero attached hydrogens (tertiary/aromatic N) is 3. The zero-order chi connectivity index (χ0) is 14.9. The Labute approximate surface area is 113 Å². The van der Waals surface area contributed by atoms with Crippen molar-refractivity contribution in [3.63, 3.8) is 0 Å². The second-order valence-corrected chi connectivity index (χ2v) is 5.11. The highest BCUT2D eigenvalue weighted by Gasteiger charge is 2.32. The Morgan fingerprint density at radius 3 is 2.16 bits per heavy atom. The van der Waals surface area contributed by atoms with Gasteiger partial charge in [-0.15, -0.1) is 0 Å². The van der Waals surface area contributed by atoms with E-state index in [2.05, 4.69) is 5.10 Å². The molecule has 19 heavy (non-hydrogen) atoms. The molecule has 0 saturated heterocycles. The quantitative estimate of drug-likeness (QED) is 0.890.